The molecule has 0 saturated carbocycles. The van der Waals surface area contributed by atoms with Crippen molar-refractivity contribution >= 4 is 33.7 Å². The molecule has 0 aliphatic rings. The van der Waals surface area contributed by atoms with Gasteiger partial charge in [-0.25, -0.2) is 9.18 Å². The van der Waals surface area contributed by atoms with Gasteiger partial charge in [-0.1, -0.05) is 24.3 Å². The van der Waals surface area contributed by atoms with Crippen LogP contribution in [0, 0.1) is 5.82 Å². The van der Waals surface area contributed by atoms with Crippen molar-refractivity contribution in [1.29, 1.82) is 0 Å². The molecule has 0 unspecified atom stereocenters. The zero-order valence-electron chi connectivity index (χ0n) is 17.2. The maximum Gasteiger partial charge on any atom is 0.416 e. The molecule has 0 atom stereocenters. The van der Waals surface area contributed by atoms with Crippen LogP contribution in [-0.4, -0.2) is 28.2 Å². The van der Waals surface area contributed by atoms with Crippen LogP contribution in [0.3, 0.4) is 0 Å². The van der Waals surface area contributed by atoms with E-state index in [1.54, 1.807) is 0 Å². The van der Waals surface area contributed by atoms with Gasteiger partial charge >= 0.3 is 12.1 Å². The van der Waals surface area contributed by atoms with E-state index in [1.165, 1.54) is 41.0 Å². The number of halogens is 4. The van der Waals surface area contributed by atoms with E-state index in [2.05, 4.69) is 4.89 Å². The summed E-state index contributed by atoms with van der Waals surface area (Å²) < 4.78 is 57.2. The van der Waals surface area contributed by atoms with Gasteiger partial charge < -0.3 is 20.3 Å². The van der Waals surface area contributed by atoms with Gasteiger partial charge in [0.25, 0.3) is 0 Å². The van der Waals surface area contributed by atoms with E-state index in [9.17, 15) is 22.8 Å². The largest absolute Gasteiger partial charge is 0.479 e. The number of aliphatic carboxylic acids is 1. The summed E-state index contributed by atoms with van der Waals surface area (Å²) in [6, 6.07) is 11.4. The van der Waals surface area contributed by atoms with Crippen LogP contribution in [0.2, 0.25) is 0 Å². The predicted octanol–water partition coefficient (Wildman–Crippen LogP) is 4.49. The fourth-order valence-corrected chi connectivity index (χ4v) is 3.89. The lowest BCUT2D eigenvalue weighted by atomic mass is 10.1. The van der Waals surface area contributed by atoms with Crippen molar-refractivity contribution in [3.8, 4) is 5.75 Å². The van der Waals surface area contributed by atoms with Crippen LogP contribution < -0.4 is 10.6 Å². The van der Waals surface area contributed by atoms with E-state index >= 15 is 4.39 Å². The van der Waals surface area contributed by atoms with Crippen molar-refractivity contribution in [2.24, 2.45) is 5.73 Å². The van der Waals surface area contributed by atoms with Crippen molar-refractivity contribution in [3.05, 3.63) is 77.1 Å². The predicted molar refractivity (Wildman–Crippen MR) is 113 cm³/mol. The minimum absolute atomic E-state index is 0.000668. The molecular weight excluding hydrogens is 460 g/mol. The van der Waals surface area contributed by atoms with Crippen LogP contribution in [0.15, 0.2) is 54.6 Å². The van der Waals surface area contributed by atoms with Crippen LogP contribution in [0.1, 0.15) is 21.5 Å². The standard InChI is InChI=1S/C23H16F4N2O5/c24-15-8-9-17(34-33-11-18(30)31)20-19-13(22(28)32)5-3-7-16(19)29(21(15)20)10-12-4-1-2-6-14(12)23(25,26)27/h1-9H,10-11H2,(H2,28,32)(H,30,31). The van der Waals surface area contributed by atoms with Crippen molar-refractivity contribution < 1.29 is 42.0 Å². The molecule has 0 radical (unpaired) electrons. The van der Waals surface area contributed by atoms with Crippen LogP contribution in [-0.2, 0) is 22.4 Å². The lowest BCUT2D eigenvalue weighted by Gasteiger charge is -2.15. The fraction of sp³-hybridized carbons (Fsp3) is 0.130. The number of fused-ring (bicyclic) bond motifs is 3. The van der Waals surface area contributed by atoms with Gasteiger partial charge in [-0.2, -0.15) is 18.1 Å². The number of carbonyl (C=O) groups is 2. The molecule has 3 N–H and O–H groups in total. The van der Waals surface area contributed by atoms with E-state index in [-0.39, 0.29) is 38.7 Å². The highest BCUT2D eigenvalue weighted by Gasteiger charge is 2.33. The Morgan fingerprint density at radius 1 is 1.00 bits per heavy atom. The number of alkyl halides is 3. The second-order valence-corrected chi connectivity index (χ2v) is 7.31. The Bertz CT molecular complexity index is 1430. The molecule has 0 aliphatic heterocycles. The van der Waals surface area contributed by atoms with E-state index in [0.29, 0.717) is 0 Å². The van der Waals surface area contributed by atoms with Gasteiger partial charge in [0, 0.05) is 17.5 Å². The van der Waals surface area contributed by atoms with Crippen molar-refractivity contribution in [3.63, 3.8) is 0 Å². The number of amides is 1. The summed E-state index contributed by atoms with van der Waals surface area (Å²) in [6.07, 6.45) is -4.65. The molecular formula is C23H16F4N2O5. The maximum atomic E-state index is 15.1. The number of carbonyl (C=O) groups excluding carboxylic acids is 1. The van der Waals surface area contributed by atoms with Gasteiger partial charge in [-0.3, -0.25) is 4.79 Å². The molecule has 3 aromatic carbocycles. The summed E-state index contributed by atoms with van der Waals surface area (Å²) in [5.41, 5.74) is 4.49. The molecule has 176 valence electrons. The quantitative estimate of drug-likeness (QED) is 0.232. The van der Waals surface area contributed by atoms with Crippen LogP contribution in [0.25, 0.3) is 21.8 Å². The molecule has 1 aromatic heterocycles. The number of carboxylic acids is 1. The normalized spacial score (nSPS) is 11.8. The number of hydrogen-bond acceptors (Lipinski definition) is 4. The number of aromatic nitrogens is 1. The minimum atomic E-state index is -4.65. The second-order valence-electron chi connectivity index (χ2n) is 7.31. The Kier molecular flexibility index (Phi) is 5.88. The number of primary amides is 1. The molecule has 0 bridgehead atoms. The molecule has 34 heavy (non-hydrogen) atoms. The monoisotopic (exact) mass is 476 g/mol. The molecule has 1 heterocycles. The highest BCUT2D eigenvalue weighted by molar-refractivity contribution is 6.19. The van der Waals surface area contributed by atoms with Crippen LogP contribution >= 0.6 is 0 Å². The van der Waals surface area contributed by atoms with E-state index in [4.69, 9.17) is 15.7 Å². The molecule has 0 aliphatic carbocycles. The maximum absolute atomic E-state index is 15.1. The summed E-state index contributed by atoms with van der Waals surface area (Å²) >= 11 is 0. The molecule has 11 heteroatoms. The Morgan fingerprint density at radius 2 is 1.74 bits per heavy atom. The first-order valence-corrected chi connectivity index (χ1v) is 9.79. The smallest absolute Gasteiger partial charge is 0.416 e. The SMILES string of the molecule is NC(=O)c1cccc2c1c1c(OOCC(=O)O)ccc(F)c1n2Cc1ccccc1C(F)(F)F. The summed E-state index contributed by atoms with van der Waals surface area (Å²) in [6.45, 7) is -1.23. The van der Waals surface area contributed by atoms with Gasteiger partial charge in [0.05, 0.1) is 22.0 Å². The molecule has 4 rings (SSSR count). The number of nitrogens with zero attached hydrogens (tertiary/aromatic N) is 1. The minimum Gasteiger partial charge on any atom is -0.479 e. The Hall–Kier alpha value is -4.12. The van der Waals surface area contributed by atoms with Gasteiger partial charge in [0.15, 0.2) is 12.4 Å². The Labute approximate surface area is 188 Å². The first kappa shape index (κ1) is 23.1. The van der Waals surface area contributed by atoms with Gasteiger partial charge in [-0.05, 0) is 35.9 Å². The molecule has 0 fully saturated rings. The Morgan fingerprint density at radius 3 is 2.41 bits per heavy atom. The van der Waals surface area contributed by atoms with E-state index in [0.717, 1.165) is 18.2 Å². The summed E-state index contributed by atoms with van der Waals surface area (Å²) in [7, 11) is 0. The summed E-state index contributed by atoms with van der Waals surface area (Å²) in [5.74, 6) is -3.14. The molecule has 4 aromatic rings. The van der Waals surface area contributed by atoms with Crippen molar-refractivity contribution in [1.82, 2.24) is 4.57 Å². The average Bonchev–Trinajstić information content (AvgIpc) is 3.10. The fourth-order valence-electron chi connectivity index (χ4n) is 3.89. The number of rotatable bonds is 7. The first-order chi connectivity index (χ1) is 16.1. The van der Waals surface area contributed by atoms with Gasteiger partial charge in [0.2, 0.25) is 5.91 Å². The topological polar surface area (TPSA) is 104 Å². The van der Waals surface area contributed by atoms with Gasteiger partial charge in [0.1, 0.15) is 5.82 Å². The second kappa shape index (κ2) is 8.67. The summed E-state index contributed by atoms with van der Waals surface area (Å²) in [5, 5.41) is 8.90. The third kappa shape index (κ3) is 4.13. The highest BCUT2D eigenvalue weighted by Crippen LogP contribution is 2.40. The first-order valence-electron chi connectivity index (χ1n) is 9.79. The van der Waals surface area contributed by atoms with Crippen molar-refractivity contribution in [2.75, 3.05) is 6.61 Å². The third-order valence-electron chi connectivity index (χ3n) is 5.19. The van der Waals surface area contributed by atoms with Gasteiger partial charge in [-0.15, -0.1) is 0 Å². The number of benzene rings is 3. The lowest BCUT2D eigenvalue weighted by molar-refractivity contribution is -0.212. The summed E-state index contributed by atoms with van der Waals surface area (Å²) in [4.78, 5) is 32.6. The lowest BCUT2D eigenvalue weighted by Crippen LogP contribution is -2.12. The van der Waals surface area contributed by atoms with E-state index in [1.807, 2.05) is 0 Å². The third-order valence-corrected chi connectivity index (χ3v) is 5.19. The number of nitrogens with two attached hydrogens (primary N) is 1. The molecule has 0 spiro atoms. The Balaban J connectivity index is 2.02. The molecule has 0 saturated heterocycles. The van der Waals surface area contributed by atoms with Crippen LogP contribution in [0.4, 0.5) is 17.6 Å². The van der Waals surface area contributed by atoms with Crippen LogP contribution in [0.5, 0.6) is 5.75 Å². The zero-order chi connectivity index (χ0) is 24.6. The average molecular weight is 476 g/mol. The molecule has 7 nitrogen and oxygen atoms in total. The van der Waals surface area contributed by atoms with E-state index < -0.39 is 42.6 Å². The number of carboxylic acid groups (broad SMARTS) is 1. The highest BCUT2D eigenvalue weighted by atomic mass is 19.4. The zero-order valence-corrected chi connectivity index (χ0v) is 17.2. The van der Waals surface area contributed by atoms with Crippen molar-refractivity contribution in [2.45, 2.75) is 12.7 Å². The molecule has 1 amide bonds. The number of hydrogen-bond donors (Lipinski definition) is 2.